The van der Waals surface area contributed by atoms with Crippen molar-refractivity contribution in [1.29, 1.82) is 0 Å². The monoisotopic (exact) mass is 315 g/mol. The number of carbonyl (C=O) groups is 1. The molecular formula is C17H21N3OS. The number of carbonyl (C=O) groups excluding carboxylic acids is 1. The van der Waals surface area contributed by atoms with Crippen molar-refractivity contribution in [3.05, 3.63) is 47.2 Å². The lowest BCUT2D eigenvalue weighted by Gasteiger charge is -2.18. The number of hydrogen-bond donors (Lipinski definition) is 1. The summed E-state index contributed by atoms with van der Waals surface area (Å²) in [5, 5.41) is 0.539. The summed E-state index contributed by atoms with van der Waals surface area (Å²) in [7, 11) is 0. The summed E-state index contributed by atoms with van der Waals surface area (Å²) in [4.78, 5) is 20.6. The zero-order valence-corrected chi connectivity index (χ0v) is 14.2. The van der Waals surface area contributed by atoms with Crippen LogP contribution in [0.4, 0.5) is 5.82 Å². The molecule has 0 radical (unpaired) electrons. The molecule has 5 heteroatoms. The van der Waals surface area contributed by atoms with Gasteiger partial charge in [0.25, 0.3) is 0 Å². The van der Waals surface area contributed by atoms with Gasteiger partial charge in [-0.1, -0.05) is 56.8 Å². The first-order valence-electron chi connectivity index (χ1n) is 7.13. The van der Waals surface area contributed by atoms with Crippen LogP contribution in [0.15, 0.2) is 35.5 Å². The van der Waals surface area contributed by atoms with E-state index in [1.807, 2.05) is 31.2 Å². The first-order chi connectivity index (χ1) is 10.3. The number of aryl methyl sites for hydroxylation is 1. The summed E-state index contributed by atoms with van der Waals surface area (Å²) in [6.45, 7) is 8.31. The lowest BCUT2D eigenvalue weighted by molar-refractivity contribution is 0.102. The molecule has 0 amide bonds. The molecule has 0 atom stereocenters. The maximum atomic E-state index is 12.2. The summed E-state index contributed by atoms with van der Waals surface area (Å²) >= 11 is 1.31. The Morgan fingerprint density at radius 1 is 1.18 bits per heavy atom. The quantitative estimate of drug-likeness (QED) is 0.530. The molecule has 0 bridgehead atoms. The molecule has 4 nitrogen and oxygen atoms in total. The predicted molar refractivity (Wildman–Crippen MR) is 91.4 cm³/mol. The summed E-state index contributed by atoms with van der Waals surface area (Å²) in [5.74, 6) is 0.795. The SMILES string of the molecule is Cc1cc(N)nc(SCC(=O)c2ccc(C(C)(C)C)cc2)n1. The van der Waals surface area contributed by atoms with E-state index < -0.39 is 0 Å². The van der Waals surface area contributed by atoms with Gasteiger partial charge in [0.15, 0.2) is 10.9 Å². The number of nitrogen functional groups attached to an aromatic ring is 1. The molecule has 116 valence electrons. The fourth-order valence-electron chi connectivity index (χ4n) is 2.00. The minimum atomic E-state index is 0.0640. The van der Waals surface area contributed by atoms with E-state index in [0.29, 0.717) is 22.3 Å². The van der Waals surface area contributed by atoms with Crippen LogP contribution in [0.2, 0.25) is 0 Å². The maximum absolute atomic E-state index is 12.2. The van der Waals surface area contributed by atoms with E-state index in [-0.39, 0.29) is 11.2 Å². The molecule has 1 heterocycles. The fourth-order valence-corrected chi connectivity index (χ4v) is 2.80. The van der Waals surface area contributed by atoms with E-state index in [1.165, 1.54) is 17.3 Å². The molecule has 0 saturated carbocycles. The number of aromatic nitrogens is 2. The third-order valence-electron chi connectivity index (χ3n) is 3.26. The Balaban J connectivity index is 2.03. The van der Waals surface area contributed by atoms with Crippen molar-refractivity contribution >= 4 is 23.4 Å². The van der Waals surface area contributed by atoms with E-state index in [4.69, 9.17) is 5.73 Å². The molecule has 0 unspecified atom stereocenters. The molecule has 2 N–H and O–H groups in total. The van der Waals surface area contributed by atoms with Gasteiger partial charge in [-0.05, 0) is 17.9 Å². The van der Waals surface area contributed by atoms with Crippen molar-refractivity contribution in [1.82, 2.24) is 9.97 Å². The first-order valence-corrected chi connectivity index (χ1v) is 8.12. The largest absolute Gasteiger partial charge is 0.384 e. The van der Waals surface area contributed by atoms with Crippen LogP contribution in [0.1, 0.15) is 42.4 Å². The second kappa shape index (κ2) is 6.48. The highest BCUT2D eigenvalue weighted by Crippen LogP contribution is 2.23. The molecule has 2 aromatic rings. The number of ketones is 1. The average molecular weight is 315 g/mol. The molecule has 0 fully saturated rings. The van der Waals surface area contributed by atoms with Gasteiger partial charge in [0.05, 0.1) is 5.75 Å². The van der Waals surface area contributed by atoms with Crippen LogP contribution in [0.3, 0.4) is 0 Å². The minimum Gasteiger partial charge on any atom is -0.384 e. The van der Waals surface area contributed by atoms with Gasteiger partial charge in [0.1, 0.15) is 5.82 Å². The Morgan fingerprint density at radius 3 is 2.36 bits per heavy atom. The molecule has 0 aliphatic heterocycles. The summed E-state index contributed by atoms with van der Waals surface area (Å²) in [6.07, 6.45) is 0. The smallest absolute Gasteiger partial charge is 0.190 e. The number of thioether (sulfide) groups is 1. The summed E-state index contributed by atoms with van der Waals surface area (Å²) < 4.78 is 0. The molecule has 2 rings (SSSR count). The molecule has 0 aliphatic carbocycles. The number of hydrogen-bond acceptors (Lipinski definition) is 5. The van der Waals surface area contributed by atoms with E-state index in [2.05, 4.69) is 30.7 Å². The van der Waals surface area contributed by atoms with E-state index in [1.54, 1.807) is 6.07 Å². The van der Waals surface area contributed by atoms with Gasteiger partial charge in [-0.25, -0.2) is 9.97 Å². The fraction of sp³-hybridized carbons (Fsp3) is 0.353. The van der Waals surface area contributed by atoms with Crippen molar-refractivity contribution in [3.8, 4) is 0 Å². The topological polar surface area (TPSA) is 68.9 Å². The van der Waals surface area contributed by atoms with E-state index in [9.17, 15) is 4.79 Å². The molecular weight excluding hydrogens is 294 g/mol. The maximum Gasteiger partial charge on any atom is 0.190 e. The van der Waals surface area contributed by atoms with Crippen LogP contribution in [0.5, 0.6) is 0 Å². The van der Waals surface area contributed by atoms with E-state index in [0.717, 1.165) is 5.69 Å². The van der Waals surface area contributed by atoms with Crippen LogP contribution in [0.25, 0.3) is 0 Å². The molecule has 0 saturated heterocycles. The van der Waals surface area contributed by atoms with Gasteiger partial charge in [0.2, 0.25) is 0 Å². The Kier molecular flexibility index (Phi) is 4.86. The Morgan fingerprint density at radius 2 is 1.82 bits per heavy atom. The molecule has 1 aromatic carbocycles. The Labute approximate surface area is 135 Å². The molecule has 22 heavy (non-hydrogen) atoms. The normalized spacial score (nSPS) is 11.5. The van der Waals surface area contributed by atoms with Gasteiger partial charge in [0, 0.05) is 17.3 Å². The van der Waals surface area contributed by atoms with Crippen molar-refractivity contribution in [3.63, 3.8) is 0 Å². The van der Waals surface area contributed by atoms with Gasteiger partial charge in [-0.2, -0.15) is 0 Å². The Bertz CT molecular complexity index is 655. The zero-order valence-electron chi connectivity index (χ0n) is 13.4. The molecule has 0 aliphatic rings. The number of nitrogens with two attached hydrogens (primary N) is 1. The number of anilines is 1. The lowest BCUT2D eigenvalue weighted by atomic mass is 9.86. The van der Waals surface area contributed by atoms with Gasteiger partial charge < -0.3 is 5.73 Å². The van der Waals surface area contributed by atoms with Crippen LogP contribution >= 0.6 is 11.8 Å². The van der Waals surface area contributed by atoms with Crippen LogP contribution in [0, 0.1) is 6.92 Å². The predicted octanol–water partition coefficient (Wildman–Crippen LogP) is 3.64. The minimum absolute atomic E-state index is 0.0640. The summed E-state index contributed by atoms with van der Waals surface area (Å²) in [5.41, 5.74) is 8.50. The molecule has 0 spiro atoms. The van der Waals surface area contributed by atoms with Crippen molar-refractivity contribution in [2.45, 2.75) is 38.3 Å². The second-order valence-corrected chi connectivity index (χ2v) is 7.20. The highest BCUT2D eigenvalue weighted by molar-refractivity contribution is 7.99. The molecule has 1 aromatic heterocycles. The first kappa shape index (κ1) is 16.5. The number of benzene rings is 1. The van der Waals surface area contributed by atoms with Gasteiger partial charge >= 0.3 is 0 Å². The highest BCUT2D eigenvalue weighted by atomic mass is 32.2. The number of nitrogens with zero attached hydrogens (tertiary/aromatic N) is 2. The van der Waals surface area contributed by atoms with Crippen LogP contribution in [-0.4, -0.2) is 21.5 Å². The average Bonchev–Trinajstić information content (AvgIpc) is 2.43. The third kappa shape index (κ3) is 4.31. The standard InChI is InChI=1S/C17H21N3OS/c1-11-9-15(18)20-16(19-11)22-10-14(21)12-5-7-13(8-6-12)17(2,3)4/h5-9H,10H2,1-4H3,(H2,18,19,20). The second-order valence-electron chi connectivity index (χ2n) is 6.26. The van der Waals surface area contributed by atoms with Gasteiger partial charge in [-0.15, -0.1) is 0 Å². The van der Waals surface area contributed by atoms with Gasteiger partial charge in [-0.3, -0.25) is 4.79 Å². The summed E-state index contributed by atoms with van der Waals surface area (Å²) in [6, 6.07) is 9.50. The lowest BCUT2D eigenvalue weighted by Crippen LogP contribution is -2.11. The number of Topliss-reactive ketones (excluding diaryl/α,β-unsaturated/α-hetero) is 1. The van der Waals surface area contributed by atoms with Crippen molar-refractivity contribution < 1.29 is 4.79 Å². The van der Waals surface area contributed by atoms with Crippen molar-refractivity contribution in [2.24, 2.45) is 0 Å². The van der Waals surface area contributed by atoms with Crippen molar-refractivity contribution in [2.75, 3.05) is 11.5 Å². The number of rotatable bonds is 4. The Hall–Kier alpha value is -1.88. The third-order valence-corrected chi connectivity index (χ3v) is 4.11. The van der Waals surface area contributed by atoms with Crippen LogP contribution in [-0.2, 0) is 5.41 Å². The van der Waals surface area contributed by atoms with Crippen LogP contribution < -0.4 is 5.73 Å². The van der Waals surface area contributed by atoms with E-state index >= 15 is 0 Å². The zero-order chi connectivity index (χ0) is 16.3. The highest BCUT2D eigenvalue weighted by Gasteiger charge is 2.14.